The summed E-state index contributed by atoms with van der Waals surface area (Å²) < 4.78 is 5.58. The zero-order chi connectivity index (χ0) is 17.8. The molecule has 7 nitrogen and oxygen atoms in total. The zero-order valence-electron chi connectivity index (χ0n) is 14.0. The number of nitrogens with zero attached hydrogens (tertiary/aromatic N) is 3. The van der Waals surface area contributed by atoms with E-state index in [1.54, 1.807) is 12.1 Å². The van der Waals surface area contributed by atoms with E-state index in [-0.39, 0.29) is 11.7 Å². The third kappa shape index (κ3) is 3.95. The first-order valence-corrected chi connectivity index (χ1v) is 7.86. The van der Waals surface area contributed by atoms with Crippen LogP contribution < -0.4 is 15.8 Å². The second-order valence-corrected chi connectivity index (χ2v) is 5.45. The largest absolute Gasteiger partial charge is 0.508 e. The first-order valence-electron chi connectivity index (χ1n) is 7.86. The van der Waals surface area contributed by atoms with Gasteiger partial charge in [0.2, 0.25) is 11.9 Å². The van der Waals surface area contributed by atoms with Gasteiger partial charge < -0.3 is 20.9 Å². The predicted octanol–water partition coefficient (Wildman–Crippen LogP) is 3.28. The predicted molar refractivity (Wildman–Crippen MR) is 97.0 cm³/mol. The quantitative estimate of drug-likeness (QED) is 0.656. The van der Waals surface area contributed by atoms with E-state index in [9.17, 15) is 5.11 Å². The van der Waals surface area contributed by atoms with Crippen LogP contribution in [0, 0.1) is 6.92 Å². The molecule has 0 saturated carbocycles. The molecule has 2 aromatic carbocycles. The van der Waals surface area contributed by atoms with Gasteiger partial charge in [0.15, 0.2) is 5.82 Å². The second-order valence-electron chi connectivity index (χ2n) is 5.45. The van der Waals surface area contributed by atoms with Crippen LogP contribution in [0.2, 0.25) is 0 Å². The number of hydrogen-bond acceptors (Lipinski definition) is 7. The SMILES string of the molecule is CCOc1ccc(O)cc1-c1nc(N)nc(Nc2ccc(C)cc2)n1. The summed E-state index contributed by atoms with van der Waals surface area (Å²) in [5.41, 5.74) is 8.37. The Hall–Kier alpha value is -3.35. The van der Waals surface area contributed by atoms with Gasteiger partial charge in [0.25, 0.3) is 0 Å². The maximum atomic E-state index is 9.79. The Morgan fingerprint density at radius 2 is 1.84 bits per heavy atom. The van der Waals surface area contributed by atoms with E-state index >= 15 is 0 Å². The molecule has 4 N–H and O–H groups in total. The third-order valence-electron chi connectivity index (χ3n) is 3.46. The van der Waals surface area contributed by atoms with Gasteiger partial charge in [0, 0.05) is 5.69 Å². The Kier molecular flexibility index (Phi) is 4.65. The molecule has 25 heavy (non-hydrogen) atoms. The molecule has 128 valence electrons. The zero-order valence-corrected chi connectivity index (χ0v) is 14.0. The number of aromatic hydroxyl groups is 1. The molecule has 0 aliphatic rings. The number of ether oxygens (including phenoxy) is 1. The fourth-order valence-electron chi connectivity index (χ4n) is 2.31. The maximum absolute atomic E-state index is 9.79. The third-order valence-corrected chi connectivity index (χ3v) is 3.46. The molecule has 0 atom stereocenters. The van der Waals surface area contributed by atoms with Crippen molar-refractivity contribution in [2.24, 2.45) is 0 Å². The van der Waals surface area contributed by atoms with Crippen LogP contribution in [-0.4, -0.2) is 26.7 Å². The van der Waals surface area contributed by atoms with Gasteiger partial charge >= 0.3 is 0 Å². The molecule has 3 aromatic rings. The molecule has 0 amide bonds. The molecule has 0 radical (unpaired) electrons. The number of benzene rings is 2. The minimum Gasteiger partial charge on any atom is -0.508 e. The average Bonchev–Trinajstić information content (AvgIpc) is 2.58. The van der Waals surface area contributed by atoms with E-state index in [2.05, 4.69) is 20.3 Å². The first-order chi connectivity index (χ1) is 12.0. The van der Waals surface area contributed by atoms with Crippen molar-refractivity contribution in [2.75, 3.05) is 17.7 Å². The molecule has 7 heteroatoms. The van der Waals surface area contributed by atoms with Crippen molar-refractivity contribution >= 4 is 17.6 Å². The number of rotatable bonds is 5. The molecule has 0 saturated heterocycles. The fraction of sp³-hybridized carbons (Fsp3) is 0.167. The standard InChI is InChI=1S/C18H19N5O2/c1-3-25-15-9-8-13(24)10-14(15)16-21-17(19)23-18(22-16)20-12-6-4-11(2)5-7-12/h4-10,24H,3H2,1-2H3,(H3,19,20,21,22,23). The minimum atomic E-state index is 0.0744. The van der Waals surface area contributed by atoms with Crippen LogP contribution in [0.25, 0.3) is 11.4 Å². The van der Waals surface area contributed by atoms with Crippen molar-refractivity contribution in [3.63, 3.8) is 0 Å². The lowest BCUT2D eigenvalue weighted by atomic mass is 10.1. The van der Waals surface area contributed by atoms with E-state index < -0.39 is 0 Å². The van der Waals surface area contributed by atoms with Gasteiger partial charge in [0.05, 0.1) is 12.2 Å². The van der Waals surface area contributed by atoms with Crippen molar-refractivity contribution in [2.45, 2.75) is 13.8 Å². The maximum Gasteiger partial charge on any atom is 0.232 e. The van der Waals surface area contributed by atoms with Gasteiger partial charge in [-0.15, -0.1) is 0 Å². The Morgan fingerprint density at radius 1 is 1.08 bits per heavy atom. The molecule has 0 unspecified atom stereocenters. The van der Waals surface area contributed by atoms with Crippen LogP contribution in [0.4, 0.5) is 17.6 Å². The van der Waals surface area contributed by atoms with E-state index in [1.165, 1.54) is 6.07 Å². The van der Waals surface area contributed by atoms with E-state index in [4.69, 9.17) is 10.5 Å². The van der Waals surface area contributed by atoms with Crippen LogP contribution in [0.1, 0.15) is 12.5 Å². The second kappa shape index (κ2) is 7.04. The van der Waals surface area contributed by atoms with Gasteiger partial charge in [-0.3, -0.25) is 0 Å². The summed E-state index contributed by atoms with van der Waals surface area (Å²) in [6, 6.07) is 12.6. The molecule has 0 bridgehead atoms. The summed E-state index contributed by atoms with van der Waals surface area (Å²) in [6.07, 6.45) is 0. The monoisotopic (exact) mass is 337 g/mol. The molecular weight excluding hydrogens is 318 g/mol. The number of phenolic OH excluding ortho intramolecular Hbond substituents is 1. The number of anilines is 3. The molecule has 1 heterocycles. The molecular formula is C18H19N5O2. The van der Waals surface area contributed by atoms with Crippen molar-refractivity contribution in [1.29, 1.82) is 0 Å². The fourth-order valence-corrected chi connectivity index (χ4v) is 2.31. The number of aromatic nitrogens is 3. The molecule has 0 aliphatic heterocycles. The van der Waals surface area contributed by atoms with Crippen LogP contribution in [0.15, 0.2) is 42.5 Å². The Morgan fingerprint density at radius 3 is 2.56 bits per heavy atom. The summed E-state index contributed by atoms with van der Waals surface area (Å²) in [7, 11) is 0. The first kappa shape index (κ1) is 16.5. The van der Waals surface area contributed by atoms with Gasteiger partial charge in [-0.05, 0) is 44.2 Å². The van der Waals surface area contributed by atoms with Crippen molar-refractivity contribution < 1.29 is 9.84 Å². The lowest BCUT2D eigenvalue weighted by Gasteiger charge is -2.11. The van der Waals surface area contributed by atoms with Gasteiger partial charge in [0.1, 0.15) is 11.5 Å². The minimum absolute atomic E-state index is 0.0744. The lowest BCUT2D eigenvalue weighted by Crippen LogP contribution is -2.06. The highest BCUT2D eigenvalue weighted by Gasteiger charge is 2.13. The van der Waals surface area contributed by atoms with Crippen molar-refractivity contribution in [3.8, 4) is 22.9 Å². The van der Waals surface area contributed by atoms with Gasteiger partial charge in [-0.2, -0.15) is 15.0 Å². The number of aryl methyl sites for hydroxylation is 1. The van der Waals surface area contributed by atoms with Crippen LogP contribution >= 0.6 is 0 Å². The Balaban J connectivity index is 1.99. The average molecular weight is 337 g/mol. The summed E-state index contributed by atoms with van der Waals surface area (Å²) >= 11 is 0. The normalized spacial score (nSPS) is 10.5. The van der Waals surface area contributed by atoms with Crippen molar-refractivity contribution in [1.82, 2.24) is 15.0 Å². The van der Waals surface area contributed by atoms with E-state index in [0.717, 1.165) is 11.3 Å². The highest BCUT2D eigenvalue weighted by molar-refractivity contribution is 5.68. The number of nitrogen functional groups attached to an aromatic ring is 1. The molecule has 3 rings (SSSR count). The van der Waals surface area contributed by atoms with Gasteiger partial charge in [-0.1, -0.05) is 17.7 Å². The lowest BCUT2D eigenvalue weighted by molar-refractivity contribution is 0.340. The summed E-state index contributed by atoms with van der Waals surface area (Å²) in [5, 5.41) is 12.9. The Bertz CT molecular complexity index is 881. The van der Waals surface area contributed by atoms with E-state index in [1.807, 2.05) is 38.1 Å². The van der Waals surface area contributed by atoms with Crippen molar-refractivity contribution in [3.05, 3.63) is 48.0 Å². The smallest absolute Gasteiger partial charge is 0.232 e. The van der Waals surface area contributed by atoms with Crippen LogP contribution in [0.5, 0.6) is 11.5 Å². The molecule has 0 fully saturated rings. The summed E-state index contributed by atoms with van der Waals surface area (Å²) in [5.74, 6) is 1.36. The highest BCUT2D eigenvalue weighted by Crippen LogP contribution is 2.32. The van der Waals surface area contributed by atoms with Crippen LogP contribution in [-0.2, 0) is 0 Å². The number of phenols is 1. The summed E-state index contributed by atoms with van der Waals surface area (Å²) in [4.78, 5) is 12.7. The molecule has 1 aromatic heterocycles. The summed E-state index contributed by atoms with van der Waals surface area (Å²) in [6.45, 7) is 4.37. The van der Waals surface area contributed by atoms with Gasteiger partial charge in [-0.25, -0.2) is 0 Å². The topological polar surface area (TPSA) is 106 Å². The number of nitrogens with one attached hydrogen (secondary N) is 1. The molecule has 0 aliphatic carbocycles. The number of nitrogens with two attached hydrogens (primary N) is 1. The molecule has 0 spiro atoms. The Labute approximate surface area is 145 Å². The highest BCUT2D eigenvalue weighted by atomic mass is 16.5. The van der Waals surface area contributed by atoms with Crippen LogP contribution in [0.3, 0.4) is 0 Å². The van der Waals surface area contributed by atoms with E-state index in [0.29, 0.717) is 29.7 Å². The number of hydrogen-bond donors (Lipinski definition) is 3.